The molecule has 0 radical (unpaired) electrons. The Balaban J connectivity index is 2.19. The monoisotopic (exact) mass is 203 g/mol. The minimum Gasteiger partial charge on any atom is -0.271 e. The van der Waals surface area contributed by atoms with E-state index in [9.17, 15) is 4.79 Å². The van der Waals surface area contributed by atoms with Gasteiger partial charge in [-0.05, 0) is 12.1 Å². The number of aliphatic imine (C=N–C) groups is 2. The molecule has 0 aliphatic carbocycles. The van der Waals surface area contributed by atoms with Crippen molar-refractivity contribution in [3.63, 3.8) is 0 Å². The number of fused-ring (bicyclic) bond motifs is 3. The van der Waals surface area contributed by atoms with Gasteiger partial charge < -0.3 is 0 Å². The zero-order valence-electron chi connectivity index (χ0n) is 7.04. The zero-order valence-corrected chi connectivity index (χ0v) is 7.86. The SMILES string of the molecule is O=C1N=CN=C2c3cccnc3S[C@@H]12. The Labute approximate surface area is 84.2 Å². The molecule has 68 valence electrons. The quantitative estimate of drug-likeness (QED) is 0.629. The number of pyridine rings is 1. The third-order valence-corrected chi connectivity index (χ3v) is 3.34. The number of nitrogens with zero attached hydrogens (tertiary/aromatic N) is 3. The van der Waals surface area contributed by atoms with E-state index in [0.717, 1.165) is 16.3 Å². The van der Waals surface area contributed by atoms with E-state index in [2.05, 4.69) is 15.0 Å². The van der Waals surface area contributed by atoms with Gasteiger partial charge in [-0.15, -0.1) is 0 Å². The maximum absolute atomic E-state index is 11.4. The smallest absolute Gasteiger partial charge is 0.266 e. The molecule has 1 aromatic heterocycles. The summed E-state index contributed by atoms with van der Waals surface area (Å²) in [6.07, 6.45) is 3.03. The Morgan fingerprint density at radius 3 is 3.29 bits per heavy atom. The van der Waals surface area contributed by atoms with Crippen LogP contribution >= 0.6 is 11.8 Å². The summed E-state index contributed by atoms with van der Waals surface area (Å²) in [6.45, 7) is 0. The van der Waals surface area contributed by atoms with Gasteiger partial charge in [-0.3, -0.25) is 4.79 Å². The van der Waals surface area contributed by atoms with Crippen LogP contribution in [0, 0.1) is 0 Å². The van der Waals surface area contributed by atoms with Crippen LogP contribution in [0.4, 0.5) is 0 Å². The molecule has 3 heterocycles. The van der Waals surface area contributed by atoms with Crippen molar-refractivity contribution >= 4 is 29.7 Å². The molecule has 1 atom stereocenters. The molecule has 0 spiro atoms. The average molecular weight is 203 g/mol. The molecule has 2 aliphatic heterocycles. The Bertz CT molecular complexity index is 481. The molecule has 4 nitrogen and oxygen atoms in total. The predicted octanol–water partition coefficient (Wildman–Crippen LogP) is 0.913. The summed E-state index contributed by atoms with van der Waals surface area (Å²) >= 11 is 1.42. The number of rotatable bonds is 0. The van der Waals surface area contributed by atoms with Crippen LogP contribution in [0.1, 0.15) is 5.56 Å². The van der Waals surface area contributed by atoms with Gasteiger partial charge in [0.2, 0.25) is 0 Å². The highest BCUT2D eigenvalue weighted by molar-refractivity contribution is 8.02. The van der Waals surface area contributed by atoms with E-state index in [1.165, 1.54) is 18.1 Å². The summed E-state index contributed by atoms with van der Waals surface area (Å²) in [6, 6.07) is 3.78. The van der Waals surface area contributed by atoms with Gasteiger partial charge in [-0.2, -0.15) is 0 Å². The van der Waals surface area contributed by atoms with E-state index in [4.69, 9.17) is 0 Å². The van der Waals surface area contributed by atoms with Gasteiger partial charge in [0.25, 0.3) is 5.91 Å². The Morgan fingerprint density at radius 2 is 2.36 bits per heavy atom. The van der Waals surface area contributed by atoms with E-state index in [-0.39, 0.29) is 11.2 Å². The van der Waals surface area contributed by atoms with E-state index in [1.807, 2.05) is 12.1 Å². The lowest BCUT2D eigenvalue weighted by molar-refractivity contribution is -0.116. The van der Waals surface area contributed by atoms with Crippen LogP contribution in [0.5, 0.6) is 0 Å². The molecule has 0 N–H and O–H groups in total. The standard InChI is InChI=1S/C9H5N3OS/c13-8-7-6(11-4-12-8)5-2-1-3-10-9(5)14-7/h1-4,7H/t7-/m1/s1. The van der Waals surface area contributed by atoms with Crippen molar-refractivity contribution in [2.24, 2.45) is 9.98 Å². The second kappa shape index (κ2) is 2.75. The van der Waals surface area contributed by atoms with Crippen molar-refractivity contribution in [2.45, 2.75) is 10.3 Å². The van der Waals surface area contributed by atoms with Crippen LogP contribution in [0.25, 0.3) is 0 Å². The number of thioether (sulfide) groups is 1. The van der Waals surface area contributed by atoms with Crippen LogP contribution in [-0.4, -0.2) is 28.2 Å². The Morgan fingerprint density at radius 1 is 1.43 bits per heavy atom. The van der Waals surface area contributed by atoms with Gasteiger partial charge in [0.15, 0.2) is 0 Å². The minimum atomic E-state index is -0.273. The normalized spacial score (nSPS) is 23.0. The van der Waals surface area contributed by atoms with Crippen LogP contribution in [0.3, 0.4) is 0 Å². The third-order valence-electron chi connectivity index (χ3n) is 2.13. The first-order valence-corrected chi connectivity index (χ1v) is 5.00. The first-order chi connectivity index (χ1) is 6.86. The number of carbonyl (C=O) groups excluding carboxylic acids is 1. The molecule has 1 aromatic rings. The molecule has 0 saturated heterocycles. The van der Waals surface area contributed by atoms with Gasteiger partial charge in [-0.25, -0.2) is 15.0 Å². The molecule has 5 heteroatoms. The van der Waals surface area contributed by atoms with Crippen molar-refractivity contribution < 1.29 is 4.79 Å². The molecule has 0 unspecified atom stereocenters. The summed E-state index contributed by atoms with van der Waals surface area (Å²) in [5.74, 6) is -0.141. The predicted molar refractivity (Wildman–Crippen MR) is 53.9 cm³/mol. The largest absolute Gasteiger partial charge is 0.271 e. The van der Waals surface area contributed by atoms with Crippen molar-refractivity contribution in [3.8, 4) is 0 Å². The number of carbonyl (C=O) groups is 1. The topological polar surface area (TPSA) is 54.7 Å². The first kappa shape index (κ1) is 7.87. The summed E-state index contributed by atoms with van der Waals surface area (Å²) in [7, 11) is 0. The lowest BCUT2D eigenvalue weighted by Gasteiger charge is -2.07. The van der Waals surface area contributed by atoms with Gasteiger partial charge in [0.1, 0.15) is 16.6 Å². The van der Waals surface area contributed by atoms with Crippen molar-refractivity contribution in [1.29, 1.82) is 0 Å². The minimum absolute atomic E-state index is 0.141. The van der Waals surface area contributed by atoms with Crippen LogP contribution in [0.2, 0.25) is 0 Å². The number of hydrogen-bond acceptors (Lipinski definition) is 4. The molecular formula is C9H5N3OS. The fraction of sp³-hybridized carbons (Fsp3) is 0.111. The van der Waals surface area contributed by atoms with Gasteiger partial charge in [0, 0.05) is 11.8 Å². The first-order valence-electron chi connectivity index (χ1n) is 4.12. The van der Waals surface area contributed by atoms with Crippen molar-refractivity contribution in [1.82, 2.24) is 4.98 Å². The van der Waals surface area contributed by atoms with Gasteiger partial charge in [0.05, 0.1) is 5.71 Å². The Hall–Kier alpha value is -1.49. The van der Waals surface area contributed by atoms with E-state index in [1.54, 1.807) is 6.20 Å². The molecular weight excluding hydrogens is 198 g/mol. The van der Waals surface area contributed by atoms with Crippen molar-refractivity contribution in [3.05, 3.63) is 23.9 Å². The van der Waals surface area contributed by atoms with E-state index >= 15 is 0 Å². The molecule has 0 saturated carbocycles. The van der Waals surface area contributed by atoms with E-state index < -0.39 is 0 Å². The molecule has 14 heavy (non-hydrogen) atoms. The van der Waals surface area contributed by atoms with Gasteiger partial charge in [-0.1, -0.05) is 11.8 Å². The van der Waals surface area contributed by atoms with E-state index in [0.29, 0.717) is 0 Å². The molecule has 1 amide bonds. The maximum Gasteiger partial charge on any atom is 0.266 e. The van der Waals surface area contributed by atoms with Crippen LogP contribution < -0.4 is 0 Å². The molecule has 0 fully saturated rings. The van der Waals surface area contributed by atoms with Crippen LogP contribution in [0.15, 0.2) is 33.3 Å². The highest BCUT2D eigenvalue weighted by atomic mass is 32.2. The fourth-order valence-corrected chi connectivity index (χ4v) is 2.61. The second-order valence-electron chi connectivity index (χ2n) is 2.95. The Kier molecular flexibility index (Phi) is 1.55. The lowest BCUT2D eigenvalue weighted by atomic mass is 10.1. The average Bonchev–Trinajstić information content (AvgIpc) is 2.59. The second-order valence-corrected chi connectivity index (χ2v) is 4.04. The highest BCUT2D eigenvalue weighted by Crippen LogP contribution is 2.36. The molecule has 2 aliphatic rings. The summed E-state index contributed by atoms with van der Waals surface area (Å²) in [5.41, 5.74) is 1.75. The number of hydrogen-bond donors (Lipinski definition) is 0. The lowest BCUT2D eigenvalue weighted by Crippen LogP contribution is -2.25. The number of aromatic nitrogens is 1. The number of amides is 1. The third kappa shape index (κ3) is 0.957. The summed E-state index contributed by atoms with van der Waals surface area (Å²) in [5, 5.41) is 0.597. The highest BCUT2D eigenvalue weighted by Gasteiger charge is 2.36. The van der Waals surface area contributed by atoms with Crippen molar-refractivity contribution in [2.75, 3.05) is 0 Å². The summed E-state index contributed by atoms with van der Waals surface area (Å²) < 4.78 is 0. The maximum atomic E-state index is 11.4. The zero-order chi connectivity index (χ0) is 9.54. The van der Waals surface area contributed by atoms with Crippen LogP contribution in [-0.2, 0) is 4.79 Å². The molecule has 3 rings (SSSR count). The fourth-order valence-electron chi connectivity index (χ4n) is 1.51. The van der Waals surface area contributed by atoms with Gasteiger partial charge >= 0.3 is 0 Å². The summed E-state index contributed by atoms with van der Waals surface area (Å²) in [4.78, 5) is 23.4. The molecule has 0 bridgehead atoms. The molecule has 0 aromatic carbocycles.